The van der Waals surface area contributed by atoms with Crippen molar-refractivity contribution in [1.29, 1.82) is 0 Å². The van der Waals surface area contributed by atoms with Gasteiger partial charge in [-0.2, -0.15) is 0 Å². The van der Waals surface area contributed by atoms with E-state index in [9.17, 15) is 8.78 Å². The third-order valence-electron chi connectivity index (χ3n) is 5.75. The molecule has 1 aromatic heterocycles. The van der Waals surface area contributed by atoms with Gasteiger partial charge in [-0.15, -0.1) is 0 Å². The Balaban J connectivity index is 0.000000755. The summed E-state index contributed by atoms with van der Waals surface area (Å²) in [6.07, 6.45) is 6.06. The van der Waals surface area contributed by atoms with Crippen molar-refractivity contribution in [2.45, 2.75) is 38.1 Å². The first-order valence-electron chi connectivity index (χ1n) is 9.68. The van der Waals surface area contributed by atoms with Crippen LogP contribution in [0.4, 0.5) is 8.78 Å². The van der Waals surface area contributed by atoms with Crippen molar-refractivity contribution in [1.82, 2.24) is 9.55 Å². The van der Waals surface area contributed by atoms with Gasteiger partial charge in [0.15, 0.2) is 0 Å². The molecule has 2 heterocycles. The van der Waals surface area contributed by atoms with E-state index in [0.29, 0.717) is 25.5 Å². The first-order chi connectivity index (χ1) is 14.0. The van der Waals surface area contributed by atoms with E-state index in [2.05, 4.69) is 9.55 Å². The molecule has 2 fully saturated rings. The van der Waals surface area contributed by atoms with Gasteiger partial charge >= 0.3 is 0 Å². The number of halogens is 2. The highest BCUT2D eigenvalue weighted by Gasteiger charge is 2.39. The first-order valence-corrected chi connectivity index (χ1v) is 9.68. The van der Waals surface area contributed by atoms with Gasteiger partial charge in [0.2, 0.25) is 0 Å². The minimum atomic E-state index is -0.459. The van der Waals surface area contributed by atoms with Gasteiger partial charge < -0.3 is 19.1 Å². The zero-order valence-corrected chi connectivity index (χ0v) is 16.4. The average molecular weight is 408 g/mol. The van der Waals surface area contributed by atoms with Gasteiger partial charge in [0.25, 0.3) is 6.47 Å². The SMILES string of the molecule is COCC1(Cn2cnc(-c3cc(F)ccc3F)c2C2CCOC2)CCC1.O=CO. The van der Waals surface area contributed by atoms with Gasteiger partial charge in [0.1, 0.15) is 11.6 Å². The Hall–Kier alpha value is -2.32. The number of imidazole rings is 1. The molecule has 0 spiro atoms. The molecule has 8 heteroatoms. The van der Waals surface area contributed by atoms with Crippen molar-refractivity contribution in [2.24, 2.45) is 5.41 Å². The summed E-state index contributed by atoms with van der Waals surface area (Å²) in [6.45, 7) is 2.52. The van der Waals surface area contributed by atoms with E-state index in [1.807, 2.05) is 0 Å². The fourth-order valence-electron chi connectivity index (χ4n) is 4.27. The standard InChI is InChI=1S/C20H24F2N2O2.CH2O2/c1-25-12-20(6-2-7-20)11-24-13-23-18(19(24)14-5-8-26-10-14)16-9-15(21)3-4-17(16)22;2-1-3/h3-4,9,13-14H,2,5-8,10-12H2,1H3;1H,(H,2,3). The van der Waals surface area contributed by atoms with Crippen LogP contribution >= 0.6 is 0 Å². The van der Waals surface area contributed by atoms with Crippen LogP contribution in [-0.4, -0.2) is 48.1 Å². The minimum Gasteiger partial charge on any atom is -0.483 e. The maximum Gasteiger partial charge on any atom is 0.290 e. The van der Waals surface area contributed by atoms with Gasteiger partial charge in [0.05, 0.1) is 30.9 Å². The number of aromatic nitrogens is 2. The second-order valence-corrected chi connectivity index (χ2v) is 7.68. The zero-order chi connectivity index (χ0) is 20.9. The van der Waals surface area contributed by atoms with E-state index in [1.165, 1.54) is 12.5 Å². The Morgan fingerprint density at radius 1 is 1.41 bits per heavy atom. The maximum absolute atomic E-state index is 14.4. The zero-order valence-electron chi connectivity index (χ0n) is 16.4. The molecule has 1 unspecified atom stereocenters. The molecule has 6 nitrogen and oxygen atoms in total. The van der Waals surface area contributed by atoms with Gasteiger partial charge in [-0.1, -0.05) is 6.42 Å². The van der Waals surface area contributed by atoms with E-state index in [1.54, 1.807) is 13.4 Å². The second-order valence-electron chi connectivity index (χ2n) is 7.68. The number of carbonyl (C=O) groups is 1. The summed E-state index contributed by atoms with van der Waals surface area (Å²) < 4.78 is 41.3. The summed E-state index contributed by atoms with van der Waals surface area (Å²) in [7, 11) is 1.73. The summed E-state index contributed by atoms with van der Waals surface area (Å²) in [4.78, 5) is 12.9. The molecule has 1 N–H and O–H groups in total. The van der Waals surface area contributed by atoms with Gasteiger partial charge in [0, 0.05) is 37.2 Å². The number of hydrogen-bond donors (Lipinski definition) is 1. The molecule has 2 aliphatic rings. The first kappa shape index (κ1) is 21.4. The van der Waals surface area contributed by atoms with Crippen molar-refractivity contribution < 1.29 is 28.2 Å². The topological polar surface area (TPSA) is 73.6 Å². The normalized spacial score (nSPS) is 19.9. The number of ether oxygens (including phenoxy) is 2. The minimum absolute atomic E-state index is 0.113. The van der Waals surface area contributed by atoms with Crippen molar-refractivity contribution in [3.63, 3.8) is 0 Å². The van der Waals surface area contributed by atoms with Gasteiger partial charge in [-0.25, -0.2) is 13.8 Å². The van der Waals surface area contributed by atoms with Crippen LogP contribution in [0.25, 0.3) is 11.3 Å². The van der Waals surface area contributed by atoms with Gasteiger partial charge in [-0.3, -0.25) is 4.79 Å². The molecule has 2 aromatic rings. The summed E-state index contributed by atoms with van der Waals surface area (Å²) in [6, 6.07) is 3.53. The Morgan fingerprint density at radius 2 is 2.17 bits per heavy atom. The van der Waals surface area contributed by atoms with Crippen LogP contribution < -0.4 is 0 Å². The molecule has 0 radical (unpaired) electrons. The van der Waals surface area contributed by atoms with Crippen molar-refractivity contribution in [3.05, 3.63) is 41.9 Å². The Labute approximate surface area is 168 Å². The molecule has 1 aliphatic carbocycles. The molecule has 1 aromatic carbocycles. The van der Waals surface area contributed by atoms with Gasteiger partial charge in [-0.05, 0) is 37.5 Å². The van der Waals surface area contributed by atoms with Crippen LogP contribution in [-0.2, 0) is 20.8 Å². The molecule has 0 bridgehead atoms. The maximum atomic E-state index is 14.4. The lowest BCUT2D eigenvalue weighted by atomic mass is 9.69. The van der Waals surface area contributed by atoms with E-state index < -0.39 is 11.6 Å². The highest BCUT2D eigenvalue weighted by Crippen LogP contribution is 2.44. The lowest BCUT2D eigenvalue weighted by Gasteiger charge is -2.42. The van der Waals surface area contributed by atoms with Crippen LogP contribution in [0.3, 0.4) is 0 Å². The van der Waals surface area contributed by atoms with Crippen LogP contribution in [0.1, 0.15) is 37.3 Å². The van der Waals surface area contributed by atoms with Crippen molar-refractivity contribution >= 4 is 6.47 Å². The summed E-state index contributed by atoms with van der Waals surface area (Å²) in [5.41, 5.74) is 1.82. The fourth-order valence-corrected chi connectivity index (χ4v) is 4.27. The lowest BCUT2D eigenvalue weighted by Crippen LogP contribution is -2.38. The number of nitrogens with zero attached hydrogens (tertiary/aromatic N) is 2. The highest BCUT2D eigenvalue weighted by molar-refractivity contribution is 5.63. The number of rotatable bonds is 6. The smallest absolute Gasteiger partial charge is 0.290 e. The summed E-state index contributed by atoms with van der Waals surface area (Å²) >= 11 is 0. The molecule has 1 atom stereocenters. The van der Waals surface area contributed by atoms with Crippen LogP contribution in [0.2, 0.25) is 0 Å². The molecule has 1 aliphatic heterocycles. The third-order valence-corrected chi connectivity index (χ3v) is 5.75. The highest BCUT2D eigenvalue weighted by atomic mass is 19.1. The quantitative estimate of drug-likeness (QED) is 0.735. The van der Waals surface area contributed by atoms with Crippen LogP contribution in [0.15, 0.2) is 24.5 Å². The molecule has 1 saturated carbocycles. The number of methoxy groups -OCH3 is 1. The summed E-state index contributed by atoms with van der Waals surface area (Å²) in [5.74, 6) is -0.763. The van der Waals surface area contributed by atoms with Crippen molar-refractivity contribution in [2.75, 3.05) is 26.9 Å². The predicted octanol–water partition coefficient (Wildman–Crippen LogP) is 3.85. The largest absolute Gasteiger partial charge is 0.483 e. The summed E-state index contributed by atoms with van der Waals surface area (Å²) in [5, 5.41) is 6.89. The van der Waals surface area contributed by atoms with Crippen molar-refractivity contribution in [3.8, 4) is 11.3 Å². The molecular weight excluding hydrogens is 382 g/mol. The van der Waals surface area contributed by atoms with E-state index in [-0.39, 0.29) is 23.4 Å². The molecule has 1 saturated heterocycles. The van der Waals surface area contributed by atoms with E-state index in [4.69, 9.17) is 19.4 Å². The number of carboxylic acid groups (broad SMARTS) is 1. The number of hydrogen-bond acceptors (Lipinski definition) is 4. The Kier molecular flexibility index (Phi) is 6.97. The number of benzene rings is 1. The fraction of sp³-hybridized carbons (Fsp3) is 0.524. The molecule has 4 rings (SSSR count). The Bertz CT molecular complexity index is 830. The molecule has 29 heavy (non-hydrogen) atoms. The molecule has 0 amide bonds. The average Bonchev–Trinajstić information content (AvgIpc) is 3.32. The Morgan fingerprint density at radius 3 is 2.76 bits per heavy atom. The predicted molar refractivity (Wildman–Crippen MR) is 103 cm³/mol. The van der Waals surface area contributed by atoms with E-state index in [0.717, 1.165) is 43.6 Å². The molecular formula is C21H26F2N2O4. The van der Waals surface area contributed by atoms with Crippen LogP contribution in [0.5, 0.6) is 0 Å². The van der Waals surface area contributed by atoms with E-state index >= 15 is 0 Å². The molecule has 158 valence electrons. The van der Waals surface area contributed by atoms with Crippen LogP contribution in [0, 0.1) is 17.0 Å². The third kappa shape index (κ3) is 4.64. The monoisotopic (exact) mass is 408 g/mol. The lowest BCUT2D eigenvalue weighted by molar-refractivity contribution is -0.122. The second kappa shape index (κ2) is 9.45.